The van der Waals surface area contributed by atoms with Crippen molar-refractivity contribution in [3.8, 4) is 5.75 Å². The summed E-state index contributed by atoms with van der Waals surface area (Å²) in [5.74, 6) is 0.698. The Kier molecular flexibility index (Phi) is 5.36. The number of hydrogen-bond donors (Lipinski definition) is 1. The third-order valence-electron chi connectivity index (χ3n) is 3.56. The molecule has 0 saturated carbocycles. The monoisotopic (exact) mass is 280 g/mol. The summed E-state index contributed by atoms with van der Waals surface area (Å²) >= 11 is 0. The molecular formula is C15H24N2O3. The van der Waals surface area contributed by atoms with E-state index in [1.165, 1.54) is 0 Å². The van der Waals surface area contributed by atoms with Crippen LogP contribution in [0.5, 0.6) is 5.75 Å². The van der Waals surface area contributed by atoms with Crippen LogP contribution in [0.4, 0.5) is 11.4 Å². The van der Waals surface area contributed by atoms with Gasteiger partial charge >= 0.3 is 5.69 Å². The van der Waals surface area contributed by atoms with Crippen LogP contribution in [0.15, 0.2) is 18.2 Å². The van der Waals surface area contributed by atoms with Crippen LogP contribution in [0.25, 0.3) is 0 Å². The van der Waals surface area contributed by atoms with Gasteiger partial charge in [0.2, 0.25) is 0 Å². The standard InChI is InChI=1S/C15H24N2O3/c1-6-20-13-9-7-8-12(14(13)17(18)19)16-10-11(2)15(3,4)5/h7-9,11,16H,6,10H2,1-5H3. The SMILES string of the molecule is CCOc1cccc(NCC(C)C(C)(C)C)c1[N+](=O)[O-]. The van der Waals surface area contributed by atoms with Crippen molar-refractivity contribution in [2.24, 2.45) is 11.3 Å². The first-order valence-electron chi connectivity index (χ1n) is 6.91. The number of anilines is 1. The second-order valence-electron chi connectivity index (χ2n) is 5.99. The van der Waals surface area contributed by atoms with E-state index in [1.54, 1.807) is 18.2 Å². The van der Waals surface area contributed by atoms with Crippen LogP contribution in [0.1, 0.15) is 34.6 Å². The lowest BCUT2D eigenvalue weighted by Crippen LogP contribution is -2.25. The van der Waals surface area contributed by atoms with Gasteiger partial charge in [-0.15, -0.1) is 0 Å². The molecule has 1 rings (SSSR count). The van der Waals surface area contributed by atoms with E-state index in [2.05, 4.69) is 33.0 Å². The van der Waals surface area contributed by atoms with Gasteiger partial charge in [-0.25, -0.2) is 0 Å². The minimum atomic E-state index is -0.394. The molecule has 0 aromatic heterocycles. The number of nitro benzene ring substituents is 1. The van der Waals surface area contributed by atoms with E-state index in [4.69, 9.17) is 4.74 Å². The molecule has 0 heterocycles. The second kappa shape index (κ2) is 6.59. The average Bonchev–Trinajstić information content (AvgIpc) is 2.34. The fourth-order valence-corrected chi connectivity index (χ4v) is 1.69. The van der Waals surface area contributed by atoms with Gasteiger partial charge < -0.3 is 10.1 Å². The highest BCUT2D eigenvalue weighted by Crippen LogP contribution is 2.35. The van der Waals surface area contributed by atoms with E-state index in [9.17, 15) is 10.1 Å². The van der Waals surface area contributed by atoms with Crippen LogP contribution in [0.3, 0.4) is 0 Å². The molecule has 0 amide bonds. The van der Waals surface area contributed by atoms with Gasteiger partial charge in [-0.3, -0.25) is 10.1 Å². The van der Waals surface area contributed by atoms with Crippen molar-refractivity contribution in [1.29, 1.82) is 0 Å². The number of benzene rings is 1. The molecule has 5 heteroatoms. The van der Waals surface area contributed by atoms with Crippen molar-refractivity contribution in [2.45, 2.75) is 34.6 Å². The zero-order chi connectivity index (χ0) is 15.3. The van der Waals surface area contributed by atoms with Gasteiger partial charge in [0.1, 0.15) is 5.69 Å². The fourth-order valence-electron chi connectivity index (χ4n) is 1.69. The molecule has 20 heavy (non-hydrogen) atoms. The summed E-state index contributed by atoms with van der Waals surface area (Å²) in [6.45, 7) is 11.5. The maximum absolute atomic E-state index is 11.2. The molecule has 0 aliphatic carbocycles. The number of rotatable bonds is 6. The van der Waals surface area contributed by atoms with Crippen molar-refractivity contribution in [2.75, 3.05) is 18.5 Å². The Morgan fingerprint density at radius 1 is 1.40 bits per heavy atom. The molecule has 0 aliphatic heterocycles. The van der Waals surface area contributed by atoms with Gasteiger partial charge in [0.15, 0.2) is 5.75 Å². The predicted octanol–water partition coefficient (Wildman–Crippen LogP) is 4.09. The zero-order valence-electron chi connectivity index (χ0n) is 12.9. The van der Waals surface area contributed by atoms with Crippen LogP contribution in [-0.2, 0) is 0 Å². The summed E-state index contributed by atoms with van der Waals surface area (Å²) < 4.78 is 5.33. The first-order chi connectivity index (χ1) is 9.27. The number of nitrogens with zero attached hydrogens (tertiary/aromatic N) is 1. The van der Waals surface area contributed by atoms with Gasteiger partial charge in [0, 0.05) is 6.54 Å². The molecule has 0 aliphatic rings. The molecule has 1 atom stereocenters. The van der Waals surface area contributed by atoms with Crippen molar-refractivity contribution < 1.29 is 9.66 Å². The highest BCUT2D eigenvalue weighted by Gasteiger charge is 2.23. The van der Waals surface area contributed by atoms with Crippen molar-refractivity contribution >= 4 is 11.4 Å². The fraction of sp³-hybridized carbons (Fsp3) is 0.600. The van der Waals surface area contributed by atoms with E-state index in [0.717, 1.165) is 0 Å². The lowest BCUT2D eigenvalue weighted by Gasteiger charge is -2.27. The van der Waals surface area contributed by atoms with Crippen molar-refractivity contribution in [3.63, 3.8) is 0 Å². The Morgan fingerprint density at radius 2 is 2.05 bits per heavy atom. The molecule has 0 spiro atoms. The average molecular weight is 280 g/mol. The Balaban J connectivity index is 2.95. The van der Waals surface area contributed by atoms with E-state index >= 15 is 0 Å². The van der Waals surface area contributed by atoms with Crippen LogP contribution < -0.4 is 10.1 Å². The predicted molar refractivity (Wildman–Crippen MR) is 81.4 cm³/mol. The molecule has 1 unspecified atom stereocenters. The molecule has 1 N–H and O–H groups in total. The molecule has 112 valence electrons. The Hall–Kier alpha value is -1.78. The summed E-state index contributed by atoms with van der Waals surface area (Å²) in [5.41, 5.74) is 0.673. The first-order valence-corrected chi connectivity index (χ1v) is 6.91. The van der Waals surface area contributed by atoms with Gasteiger partial charge in [-0.05, 0) is 30.4 Å². The third kappa shape index (κ3) is 4.11. The first kappa shape index (κ1) is 16.3. The minimum Gasteiger partial charge on any atom is -0.487 e. The molecule has 0 fully saturated rings. The molecule has 0 saturated heterocycles. The van der Waals surface area contributed by atoms with Crippen LogP contribution in [0, 0.1) is 21.4 Å². The molecule has 0 radical (unpaired) electrons. The number of hydrogen-bond acceptors (Lipinski definition) is 4. The highest BCUT2D eigenvalue weighted by molar-refractivity contribution is 5.68. The maximum Gasteiger partial charge on any atom is 0.333 e. The maximum atomic E-state index is 11.2. The van der Waals surface area contributed by atoms with Gasteiger partial charge in [0.05, 0.1) is 11.5 Å². The number of ether oxygens (including phenoxy) is 1. The minimum absolute atomic E-state index is 0.00968. The molecular weight excluding hydrogens is 256 g/mol. The van der Waals surface area contributed by atoms with E-state index in [-0.39, 0.29) is 11.1 Å². The summed E-state index contributed by atoms with van der Waals surface area (Å²) in [5, 5.41) is 14.4. The van der Waals surface area contributed by atoms with E-state index < -0.39 is 4.92 Å². The Morgan fingerprint density at radius 3 is 2.55 bits per heavy atom. The Bertz CT molecular complexity index is 467. The topological polar surface area (TPSA) is 64.4 Å². The van der Waals surface area contributed by atoms with Gasteiger partial charge in [0.25, 0.3) is 0 Å². The smallest absolute Gasteiger partial charge is 0.333 e. The van der Waals surface area contributed by atoms with Crippen molar-refractivity contribution in [3.05, 3.63) is 28.3 Å². The lowest BCUT2D eigenvalue weighted by atomic mass is 9.82. The van der Waals surface area contributed by atoms with E-state index in [0.29, 0.717) is 30.5 Å². The normalized spacial score (nSPS) is 12.8. The van der Waals surface area contributed by atoms with Crippen molar-refractivity contribution in [1.82, 2.24) is 0 Å². The highest BCUT2D eigenvalue weighted by atomic mass is 16.6. The Labute approximate surface area is 120 Å². The molecule has 0 bridgehead atoms. The summed E-state index contributed by atoms with van der Waals surface area (Å²) in [6, 6.07) is 5.11. The number of nitrogens with one attached hydrogen (secondary N) is 1. The quantitative estimate of drug-likeness (QED) is 0.629. The molecule has 1 aromatic rings. The number of para-hydroxylation sites is 1. The van der Waals surface area contributed by atoms with Gasteiger partial charge in [-0.1, -0.05) is 33.8 Å². The third-order valence-corrected chi connectivity index (χ3v) is 3.56. The van der Waals surface area contributed by atoms with E-state index in [1.807, 2.05) is 6.92 Å². The van der Waals surface area contributed by atoms with Crippen LogP contribution >= 0.6 is 0 Å². The molecule has 5 nitrogen and oxygen atoms in total. The number of nitro groups is 1. The molecule has 1 aromatic carbocycles. The second-order valence-corrected chi connectivity index (χ2v) is 5.99. The van der Waals surface area contributed by atoms with Crippen LogP contribution in [0.2, 0.25) is 0 Å². The largest absolute Gasteiger partial charge is 0.487 e. The summed E-state index contributed by atoms with van der Waals surface area (Å²) in [6.07, 6.45) is 0. The summed E-state index contributed by atoms with van der Waals surface area (Å²) in [4.78, 5) is 10.9. The summed E-state index contributed by atoms with van der Waals surface area (Å²) in [7, 11) is 0. The van der Waals surface area contributed by atoms with Gasteiger partial charge in [-0.2, -0.15) is 0 Å². The lowest BCUT2D eigenvalue weighted by molar-refractivity contribution is -0.384. The zero-order valence-corrected chi connectivity index (χ0v) is 12.9. The van der Waals surface area contributed by atoms with Crippen LogP contribution in [-0.4, -0.2) is 18.1 Å².